The highest BCUT2D eigenvalue weighted by Gasteiger charge is 2.43. The Morgan fingerprint density at radius 3 is 2.73 bits per heavy atom. The Labute approximate surface area is 90.2 Å². The summed E-state index contributed by atoms with van der Waals surface area (Å²) >= 11 is 0. The molecule has 2 saturated carbocycles. The van der Waals surface area contributed by atoms with Crippen LogP contribution in [0.1, 0.15) is 38.5 Å². The van der Waals surface area contributed by atoms with E-state index in [9.17, 15) is 9.59 Å². The number of esters is 1. The summed E-state index contributed by atoms with van der Waals surface area (Å²) < 4.78 is 4.80. The summed E-state index contributed by atoms with van der Waals surface area (Å²) in [5, 5.41) is 0. The molecule has 0 bridgehead atoms. The largest absolute Gasteiger partial charge is 0.469 e. The second-order valence-corrected chi connectivity index (χ2v) is 4.70. The van der Waals surface area contributed by atoms with E-state index in [0.29, 0.717) is 18.1 Å². The molecule has 0 aromatic heterocycles. The lowest BCUT2D eigenvalue weighted by Gasteiger charge is -2.38. The summed E-state index contributed by atoms with van der Waals surface area (Å²) in [6.45, 7) is 0. The summed E-state index contributed by atoms with van der Waals surface area (Å²) in [6.07, 6.45) is 5.80. The molecular formula is C12H18O3. The van der Waals surface area contributed by atoms with Crippen LogP contribution in [0.15, 0.2) is 0 Å². The predicted molar refractivity (Wildman–Crippen MR) is 55.2 cm³/mol. The van der Waals surface area contributed by atoms with E-state index in [0.717, 1.165) is 32.1 Å². The molecule has 2 aliphatic carbocycles. The summed E-state index contributed by atoms with van der Waals surface area (Å²) in [5.41, 5.74) is 0. The van der Waals surface area contributed by atoms with Gasteiger partial charge in [-0.15, -0.1) is 0 Å². The number of ether oxygens (including phenoxy) is 1. The van der Waals surface area contributed by atoms with Crippen LogP contribution in [-0.4, -0.2) is 18.9 Å². The van der Waals surface area contributed by atoms with Crippen molar-refractivity contribution in [3.8, 4) is 0 Å². The molecule has 0 aliphatic heterocycles. The Hall–Kier alpha value is -0.860. The van der Waals surface area contributed by atoms with Crippen molar-refractivity contribution in [2.45, 2.75) is 38.5 Å². The first kappa shape index (κ1) is 10.7. The molecule has 3 atom stereocenters. The number of carbonyl (C=O) groups is 2. The van der Waals surface area contributed by atoms with E-state index in [2.05, 4.69) is 0 Å². The van der Waals surface area contributed by atoms with Gasteiger partial charge in [0.2, 0.25) is 0 Å². The van der Waals surface area contributed by atoms with Gasteiger partial charge in [0.05, 0.1) is 13.0 Å². The van der Waals surface area contributed by atoms with Crippen LogP contribution in [0.4, 0.5) is 0 Å². The van der Waals surface area contributed by atoms with E-state index < -0.39 is 0 Å². The van der Waals surface area contributed by atoms with E-state index in [1.807, 2.05) is 0 Å². The summed E-state index contributed by atoms with van der Waals surface area (Å²) in [4.78, 5) is 23.4. The first-order valence-corrected chi connectivity index (χ1v) is 5.84. The van der Waals surface area contributed by atoms with Gasteiger partial charge in [0.1, 0.15) is 5.78 Å². The van der Waals surface area contributed by atoms with Crippen LogP contribution >= 0.6 is 0 Å². The molecule has 0 heterocycles. The van der Waals surface area contributed by atoms with Crippen LogP contribution in [-0.2, 0) is 14.3 Å². The Balaban J connectivity index is 2.16. The van der Waals surface area contributed by atoms with Crippen LogP contribution in [0.2, 0.25) is 0 Å². The van der Waals surface area contributed by atoms with Crippen molar-refractivity contribution in [2.75, 3.05) is 7.11 Å². The third kappa shape index (κ3) is 1.92. The highest BCUT2D eigenvalue weighted by molar-refractivity contribution is 5.87. The molecule has 2 rings (SSSR count). The van der Waals surface area contributed by atoms with Crippen LogP contribution in [0, 0.1) is 17.8 Å². The standard InChI is InChI=1S/C12H18O3/c1-15-12(14)9-6-2-4-8-5-3-7-10(13)11(8)9/h8-9,11H,2-7H2,1H3. The molecule has 3 heteroatoms. The van der Waals surface area contributed by atoms with Gasteiger partial charge < -0.3 is 4.74 Å². The van der Waals surface area contributed by atoms with Crippen molar-refractivity contribution in [3.05, 3.63) is 0 Å². The van der Waals surface area contributed by atoms with Gasteiger partial charge in [-0.05, 0) is 31.6 Å². The zero-order valence-corrected chi connectivity index (χ0v) is 9.20. The molecular weight excluding hydrogens is 192 g/mol. The molecule has 84 valence electrons. The second-order valence-electron chi connectivity index (χ2n) is 4.70. The smallest absolute Gasteiger partial charge is 0.309 e. The molecule has 2 fully saturated rings. The van der Waals surface area contributed by atoms with Crippen molar-refractivity contribution < 1.29 is 14.3 Å². The number of Topliss-reactive ketones (excluding diaryl/α,β-unsaturated/α-hetero) is 1. The lowest BCUT2D eigenvalue weighted by molar-refractivity contribution is -0.154. The number of rotatable bonds is 1. The predicted octanol–water partition coefficient (Wildman–Crippen LogP) is 1.94. The van der Waals surface area contributed by atoms with Crippen molar-refractivity contribution in [1.82, 2.24) is 0 Å². The molecule has 3 nitrogen and oxygen atoms in total. The third-order valence-electron chi connectivity index (χ3n) is 3.91. The lowest BCUT2D eigenvalue weighted by Crippen LogP contribution is -2.41. The summed E-state index contributed by atoms with van der Waals surface area (Å²) in [5.74, 6) is 0.381. The zero-order chi connectivity index (χ0) is 10.8. The van der Waals surface area contributed by atoms with E-state index in [4.69, 9.17) is 4.74 Å². The monoisotopic (exact) mass is 210 g/mol. The number of carbonyl (C=O) groups excluding carboxylic acids is 2. The minimum absolute atomic E-state index is 0.0278. The topological polar surface area (TPSA) is 43.4 Å². The third-order valence-corrected chi connectivity index (χ3v) is 3.91. The molecule has 0 radical (unpaired) electrons. The number of hydrogen-bond acceptors (Lipinski definition) is 3. The van der Waals surface area contributed by atoms with Gasteiger partial charge in [-0.3, -0.25) is 9.59 Å². The molecule has 0 saturated heterocycles. The van der Waals surface area contributed by atoms with Crippen LogP contribution in [0.3, 0.4) is 0 Å². The van der Waals surface area contributed by atoms with Crippen molar-refractivity contribution in [3.63, 3.8) is 0 Å². The van der Waals surface area contributed by atoms with Gasteiger partial charge in [0.25, 0.3) is 0 Å². The number of hydrogen-bond donors (Lipinski definition) is 0. The van der Waals surface area contributed by atoms with Crippen LogP contribution < -0.4 is 0 Å². The Morgan fingerprint density at radius 2 is 2.00 bits per heavy atom. The summed E-state index contributed by atoms with van der Waals surface area (Å²) in [7, 11) is 1.42. The van der Waals surface area contributed by atoms with Crippen LogP contribution in [0.5, 0.6) is 0 Å². The van der Waals surface area contributed by atoms with Gasteiger partial charge in [-0.1, -0.05) is 6.42 Å². The number of fused-ring (bicyclic) bond motifs is 1. The van der Waals surface area contributed by atoms with E-state index in [1.54, 1.807) is 0 Å². The molecule has 0 amide bonds. The van der Waals surface area contributed by atoms with Gasteiger partial charge in [0.15, 0.2) is 0 Å². The SMILES string of the molecule is COC(=O)C1CCCC2CCCC(=O)C21. The maximum atomic E-state index is 11.9. The first-order valence-electron chi connectivity index (χ1n) is 5.84. The quantitative estimate of drug-likeness (QED) is 0.621. The van der Waals surface area contributed by atoms with E-state index in [-0.39, 0.29) is 17.8 Å². The number of ketones is 1. The highest BCUT2D eigenvalue weighted by Crippen LogP contribution is 2.42. The van der Waals surface area contributed by atoms with E-state index in [1.165, 1.54) is 7.11 Å². The molecule has 3 unspecified atom stereocenters. The number of methoxy groups -OCH3 is 1. The van der Waals surface area contributed by atoms with Crippen molar-refractivity contribution in [1.29, 1.82) is 0 Å². The minimum Gasteiger partial charge on any atom is -0.469 e. The molecule has 0 aromatic carbocycles. The lowest BCUT2D eigenvalue weighted by atomic mass is 9.65. The maximum absolute atomic E-state index is 11.9. The fourth-order valence-corrected chi connectivity index (χ4v) is 3.22. The minimum atomic E-state index is -0.181. The van der Waals surface area contributed by atoms with Gasteiger partial charge in [-0.2, -0.15) is 0 Å². The summed E-state index contributed by atoms with van der Waals surface area (Å²) in [6, 6.07) is 0. The molecule has 0 N–H and O–H groups in total. The molecule has 2 aliphatic rings. The molecule has 0 aromatic rings. The van der Waals surface area contributed by atoms with Gasteiger partial charge in [-0.25, -0.2) is 0 Å². The normalized spacial score (nSPS) is 35.8. The average Bonchev–Trinajstić information content (AvgIpc) is 2.28. The Morgan fingerprint density at radius 1 is 1.27 bits per heavy atom. The molecule has 0 spiro atoms. The zero-order valence-electron chi connectivity index (χ0n) is 9.20. The van der Waals surface area contributed by atoms with Crippen molar-refractivity contribution >= 4 is 11.8 Å². The highest BCUT2D eigenvalue weighted by atomic mass is 16.5. The average molecular weight is 210 g/mol. The Bertz CT molecular complexity index is 270. The van der Waals surface area contributed by atoms with Crippen molar-refractivity contribution in [2.24, 2.45) is 17.8 Å². The maximum Gasteiger partial charge on any atom is 0.309 e. The second kappa shape index (κ2) is 4.33. The van der Waals surface area contributed by atoms with Gasteiger partial charge >= 0.3 is 5.97 Å². The fraction of sp³-hybridized carbons (Fsp3) is 0.833. The Kier molecular flexibility index (Phi) is 3.08. The van der Waals surface area contributed by atoms with E-state index >= 15 is 0 Å². The molecule has 15 heavy (non-hydrogen) atoms. The first-order chi connectivity index (χ1) is 7.24. The fourth-order valence-electron chi connectivity index (χ4n) is 3.22. The van der Waals surface area contributed by atoms with Gasteiger partial charge in [0, 0.05) is 12.3 Å². The van der Waals surface area contributed by atoms with Crippen LogP contribution in [0.25, 0.3) is 0 Å².